The van der Waals surface area contributed by atoms with Crippen LogP contribution in [-0.4, -0.2) is 54.9 Å². The summed E-state index contributed by atoms with van der Waals surface area (Å²) < 4.78 is 5.12. The molecule has 1 aromatic carbocycles. The van der Waals surface area contributed by atoms with Crippen molar-refractivity contribution in [2.24, 2.45) is 0 Å². The Balaban J connectivity index is 2.60. The van der Waals surface area contributed by atoms with Gasteiger partial charge in [0.1, 0.15) is 5.75 Å². The molecule has 22 heavy (non-hydrogen) atoms. The average Bonchev–Trinajstić information content (AvgIpc) is 2.52. The van der Waals surface area contributed by atoms with Crippen molar-refractivity contribution in [1.29, 1.82) is 0 Å². The van der Waals surface area contributed by atoms with Crippen LogP contribution in [-0.2, 0) is 16.0 Å². The van der Waals surface area contributed by atoms with Crippen LogP contribution in [0.15, 0.2) is 24.3 Å². The second-order valence-electron chi connectivity index (χ2n) is 5.10. The Labute approximate surface area is 132 Å². The molecular weight excluding hydrogens is 280 g/mol. The zero-order valence-electron chi connectivity index (χ0n) is 14.0. The lowest BCUT2D eigenvalue weighted by Crippen LogP contribution is -2.42. The molecule has 0 saturated heterocycles. The SMILES string of the molecule is CCN(CC)C(=O)CN(CCc1ccc(OC)cc1)C(C)=O. The average molecular weight is 306 g/mol. The highest BCUT2D eigenvalue weighted by atomic mass is 16.5. The molecule has 0 aliphatic heterocycles. The molecule has 122 valence electrons. The molecule has 0 N–H and O–H groups in total. The van der Waals surface area contributed by atoms with Crippen LogP contribution in [0.4, 0.5) is 0 Å². The summed E-state index contributed by atoms with van der Waals surface area (Å²) in [4.78, 5) is 27.2. The number of amides is 2. The van der Waals surface area contributed by atoms with Gasteiger partial charge in [0, 0.05) is 26.6 Å². The number of nitrogens with zero attached hydrogens (tertiary/aromatic N) is 2. The van der Waals surface area contributed by atoms with Gasteiger partial charge in [0.2, 0.25) is 11.8 Å². The lowest BCUT2D eigenvalue weighted by Gasteiger charge is -2.25. The maximum absolute atomic E-state index is 12.1. The first-order valence-electron chi connectivity index (χ1n) is 7.68. The number of benzene rings is 1. The predicted molar refractivity (Wildman–Crippen MR) is 86.9 cm³/mol. The molecule has 0 atom stereocenters. The summed E-state index contributed by atoms with van der Waals surface area (Å²) in [5.41, 5.74) is 1.11. The van der Waals surface area contributed by atoms with Gasteiger partial charge in [-0.05, 0) is 38.0 Å². The molecule has 0 spiro atoms. The van der Waals surface area contributed by atoms with E-state index in [9.17, 15) is 9.59 Å². The molecule has 0 unspecified atom stereocenters. The van der Waals surface area contributed by atoms with Crippen LogP contribution < -0.4 is 4.74 Å². The van der Waals surface area contributed by atoms with E-state index in [1.54, 1.807) is 16.9 Å². The van der Waals surface area contributed by atoms with Crippen LogP contribution in [0, 0.1) is 0 Å². The number of methoxy groups -OCH3 is 1. The number of hydrogen-bond acceptors (Lipinski definition) is 3. The van der Waals surface area contributed by atoms with E-state index >= 15 is 0 Å². The highest BCUT2D eigenvalue weighted by Gasteiger charge is 2.17. The van der Waals surface area contributed by atoms with Crippen molar-refractivity contribution in [3.05, 3.63) is 29.8 Å². The fourth-order valence-electron chi connectivity index (χ4n) is 2.24. The van der Waals surface area contributed by atoms with Crippen molar-refractivity contribution >= 4 is 11.8 Å². The third kappa shape index (κ3) is 5.39. The molecule has 1 rings (SSSR count). The molecule has 0 aliphatic rings. The first-order chi connectivity index (χ1) is 10.5. The summed E-state index contributed by atoms with van der Waals surface area (Å²) in [5, 5.41) is 0. The van der Waals surface area contributed by atoms with E-state index in [4.69, 9.17) is 4.74 Å². The highest BCUT2D eigenvalue weighted by Crippen LogP contribution is 2.12. The zero-order chi connectivity index (χ0) is 16.5. The quantitative estimate of drug-likeness (QED) is 0.737. The second-order valence-corrected chi connectivity index (χ2v) is 5.10. The van der Waals surface area contributed by atoms with Crippen molar-refractivity contribution in [2.45, 2.75) is 27.2 Å². The summed E-state index contributed by atoms with van der Waals surface area (Å²) in [7, 11) is 1.63. The van der Waals surface area contributed by atoms with Gasteiger partial charge in [0.25, 0.3) is 0 Å². The second kappa shape index (κ2) is 9.07. The van der Waals surface area contributed by atoms with E-state index in [0.29, 0.717) is 19.6 Å². The largest absolute Gasteiger partial charge is 0.497 e. The lowest BCUT2D eigenvalue weighted by molar-refractivity contribution is -0.139. The van der Waals surface area contributed by atoms with E-state index in [1.807, 2.05) is 38.1 Å². The lowest BCUT2D eigenvalue weighted by atomic mass is 10.1. The van der Waals surface area contributed by atoms with Crippen molar-refractivity contribution in [2.75, 3.05) is 33.3 Å². The minimum atomic E-state index is -0.0750. The molecule has 0 aliphatic carbocycles. The Hall–Kier alpha value is -2.04. The smallest absolute Gasteiger partial charge is 0.242 e. The molecule has 0 fully saturated rings. The topological polar surface area (TPSA) is 49.9 Å². The Morgan fingerprint density at radius 3 is 2.09 bits per heavy atom. The Morgan fingerprint density at radius 1 is 1.05 bits per heavy atom. The maximum Gasteiger partial charge on any atom is 0.242 e. The molecule has 0 saturated carbocycles. The van der Waals surface area contributed by atoms with Crippen LogP contribution in [0.2, 0.25) is 0 Å². The van der Waals surface area contributed by atoms with E-state index in [0.717, 1.165) is 17.7 Å². The fraction of sp³-hybridized carbons (Fsp3) is 0.529. The Kier molecular flexibility index (Phi) is 7.43. The van der Waals surface area contributed by atoms with Crippen molar-refractivity contribution in [3.63, 3.8) is 0 Å². The first kappa shape index (κ1) is 18.0. The van der Waals surface area contributed by atoms with Crippen LogP contribution >= 0.6 is 0 Å². The first-order valence-corrected chi connectivity index (χ1v) is 7.68. The Morgan fingerprint density at radius 2 is 1.64 bits per heavy atom. The highest BCUT2D eigenvalue weighted by molar-refractivity contribution is 5.83. The molecule has 1 aromatic rings. The van der Waals surface area contributed by atoms with Gasteiger partial charge < -0.3 is 14.5 Å². The summed E-state index contributed by atoms with van der Waals surface area (Å²) >= 11 is 0. The molecule has 5 heteroatoms. The maximum atomic E-state index is 12.1. The molecular formula is C17H26N2O3. The third-order valence-electron chi connectivity index (χ3n) is 3.72. The number of ether oxygens (including phenoxy) is 1. The van der Waals surface area contributed by atoms with Crippen LogP contribution in [0.1, 0.15) is 26.3 Å². The van der Waals surface area contributed by atoms with Gasteiger partial charge in [0.05, 0.1) is 13.7 Å². The van der Waals surface area contributed by atoms with Crippen LogP contribution in [0.25, 0.3) is 0 Å². The van der Waals surface area contributed by atoms with Gasteiger partial charge in [-0.2, -0.15) is 0 Å². The van der Waals surface area contributed by atoms with Crippen molar-refractivity contribution < 1.29 is 14.3 Å². The van der Waals surface area contributed by atoms with Gasteiger partial charge in [-0.3, -0.25) is 9.59 Å². The molecule has 5 nitrogen and oxygen atoms in total. The van der Waals surface area contributed by atoms with Gasteiger partial charge >= 0.3 is 0 Å². The normalized spacial score (nSPS) is 10.2. The summed E-state index contributed by atoms with van der Waals surface area (Å²) in [6, 6.07) is 7.75. The van der Waals surface area contributed by atoms with Gasteiger partial charge in [-0.1, -0.05) is 12.1 Å². The number of rotatable bonds is 8. The molecule has 2 amide bonds. The number of likely N-dealkylation sites (N-methyl/N-ethyl adjacent to an activating group) is 1. The minimum absolute atomic E-state index is 0.00469. The molecule has 0 heterocycles. The predicted octanol–water partition coefficient (Wildman–Crippen LogP) is 1.95. The van der Waals surface area contributed by atoms with Crippen LogP contribution in [0.3, 0.4) is 0 Å². The van der Waals surface area contributed by atoms with Crippen LogP contribution in [0.5, 0.6) is 5.75 Å². The number of carbonyl (C=O) groups is 2. The van der Waals surface area contributed by atoms with E-state index in [2.05, 4.69) is 0 Å². The fourth-order valence-corrected chi connectivity index (χ4v) is 2.24. The van der Waals surface area contributed by atoms with E-state index < -0.39 is 0 Å². The van der Waals surface area contributed by atoms with Gasteiger partial charge in [-0.25, -0.2) is 0 Å². The van der Waals surface area contributed by atoms with E-state index in [-0.39, 0.29) is 18.4 Å². The monoisotopic (exact) mass is 306 g/mol. The van der Waals surface area contributed by atoms with Crippen molar-refractivity contribution in [3.8, 4) is 5.75 Å². The summed E-state index contributed by atoms with van der Waals surface area (Å²) in [5.74, 6) is 0.729. The van der Waals surface area contributed by atoms with Crippen molar-refractivity contribution in [1.82, 2.24) is 9.80 Å². The summed E-state index contributed by atoms with van der Waals surface area (Å²) in [6.45, 7) is 7.40. The number of hydrogen-bond donors (Lipinski definition) is 0. The third-order valence-corrected chi connectivity index (χ3v) is 3.72. The molecule has 0 aromatic heterocycles. The number of carbonyl (C=O) groups excluding carboxylic acids is 2. The summed E-state index contributed by atoms with van der Waals surface area (Å²) in [6.07, 6.45) is 0.717. The molecule has 0 bridgehead atoms. The molecule has 0 radical (unpaired) electrons. The standard InChI is InChI=1S/C17H26N2O3/c1-5-18(6-2)17(21)13-19(14(3)20)12-11-15-7-9-16(22-4)10-8-15/h7-10H,5-6,11-13H2,1-4H3. The van der Waals surface area contributed by atoms with Gasteiger partial charge in [-0.15, -0.1) is 0 Å². The minimum Gasteiger partial charge on any atom is -0.497 e. The van der Waals surface area contributed by atoms with E-state index in [1.165, 1.54) is 6.92 Å². The van der Waals surface area contributed by atoms with Gasteiger partial charge in [0.15, 0.2) is 0 Å². The Bertz CT molecular complexity index is 481. The zero-order valence-corrected chi connectivity index (χ0v) is 14.0.